The van der Waals surface area contributed by atoms with Crippen LogP contribution in [0.4, 0.5) is 0 Å². The van der Waals surface area contributed by atoms with Gasteiger partial charge in [0.25, 0.3) is 5.56 Å². The molecular formula is C15H12N2O3. The molecule has 0 atom stereocenters. The first-order valence-electron chi connectivity index (χ1n) is 5.92. The molecule has 0 spiro atoms. The number of nitrogens with zero attached hydrogens (tertiary/aromatic N) is 1. The Balaban J connectivity index is 2.83. The van der Waals surface area contributed by atoms with E-state index in [1.165, 1.54) is 0 Å². The zero-order valence-corrected chi connectivity index (χ0v) is 11.0. The number of aromatic nitrogens is 1. The van der Waals surface area contributed by atoms with Crippen LogP contribution in [0.1, 0.15) is 27.0 Å². The van der Waals surface area contributed by atoms with Gasteiger partial charge in [-0.25, -0.2) is 4.79 Å². The molecule has 1 heterocycles. The van der Waals surface area contributed by atoms with Crippen LogP contribution in [-0.2, 0) is 0 Å². The highest BCUT2D eigenvalue weighted by Gasteiger charge is 2.17. The van der Waals surface area contributed by atoms with Crippen LogP contribution in [0.15, 0.2) is 29.1 Å². The predicted molar refractivity (Wildman–Crippen MR) is 73.6 cm³/mol. The quantitative estimate of drug-likeness (QED) is 0.873. The average molecular weight is 268 g/mol. The number of pyridine rings is 1. The highest BCUT2D eigenvalue weighted by atomic mass is 16.4. The molecule has 2 aromatic rings. The number of carboxylic acid groups (broad SMARTS) is 1. The minimum absolute atomic E-state index is 0.0881. The molecule has 0 saturated heterocycles. The van der Waals surface area contributed by atoms with Gasteiger partial charge in [0.2, 0.25) is 0 Å². The van der Waals surface area contributed by atoms with E-state index in [2.05, 4.69) is 4.98 Å². The molecule has 20 heavy (non-hydrogen) atoms. The number of carboxylic acids is 1. The van der Waals surface area contributed by atoms with Crippen LogP contribution >= 0.6 is 0 Å². The van der Waals surface area contributed by atoms with Gasteiger partial charge in [-0.05, 0) is 31.5 Å². The van der Waals surface area contributed by atoms with E-state index in [0.717, 1.165) is 17.2 Å². The Hall–Kier alpha value is -2.87. The molecule has 0 aliphatic rings. The SMILES string of the molecule is Cc1ccc(C)c(-c2[nH]c(=O)c(C#N)cc2C(=O)O)c1. The third-order valence-corrected chi connectivity index (χ3v) is 3.05. The maximum absolute atomic E-state index is 11.7. The van der Waals surface area contributed by atoms with Gasteiger partial charge < -0.3 is 10.1 Å². The summed E-state index contributed by atoms with van der Waals surface area (Å²) in [6, 6.07) is 8.36. The first-order chi connectivity index (χ1) is 9.43. The van der Waals surface area contributed by atoms with E-state index in [1.54, 1.807) is 12.1 Å². The number of aryl methyl sites for hydroxylation is 2. The number of aromatic carboxylic acids is 1. The molecule has 100 valence electrons. The van der Waals surface area contributed by atoms with E-state index < -0.39 is 11.5 Å². The number of nitriles is 1. The van der Waals surface area contributed by atoms with Gasteiger partial charge >= 0.3 is 5.97 Å². The molecule has 1 aromatic heterocycles. The van der Waals surface area contributed by atoms with Crippen LogP contribution in [-0.4, -0.2) is 16.1 Å². The number of rotatable bonds is 2. The van der Waals surface area contributed by atoms with Crippen molar-refractivity contribution in [2.75, 3.05) is 0 Å². The van der Waals surface area contributed by atoms with E-state index in [4.69, 9.17) is 5.26 Å². The van der Waals surface area contributed by atoms with Crippen LogP contribution in [0.3, 0.4) is 0 Å². The van der Waals surface area contributed by atoms with E-state index >= 15 is 0 Å². The zero-order chi connectivity index (χ0) is 14.9. The summed E-state index contributed by atoms with van der Waals surface area (Å²) in [5.41, 5.74) is 1.78. The fourth-order valence-electron chi connectivity index (χ4n) is 2.00. The Morgan fingerprint density at radius 2 is 2.00 bits per heavy atom. The topological polar surface area (TPSA) is 94.0 Å². The number of hydrogen-bond donors (Lipinski definition) is 2. The summed E-state index contributed by atoms with van der Waals surface area (Å²) in [6.45, 7) is 3.71. The van der Waals surface area contributed by atoms with Gasteiger partial charge in [0, 0.05) is 5.56 Å². The smallest absolute Gasteiger partial charge is 0.337 e. The van der Waals surface area contributed by atoms with Gasteiger partial charge in [-0.1, -0.05) is 17.7 Å². The lowest BCUT2D eigenvalue weighted by Crippen LogP contribution is -2.15. The Morgan fingerprint density at radius 3 is 2.60 bits per heavy atom. The maximum Gasteiger partial charge on any atom is 0.337 e. The molecule has 5 heteroatoms. The highest BCUT2D eigenvalue weighted by molar-refractivity contribution is 5.95. The van der Waals surface area contributed by atoms with Gasteiger partial charge in [-0.2, -0.15) is 5.26 Å². The standard InChI is InChI=1S/C15H12N2O3/c1-8-3-4-9(2)11(5-8)13-12(15(19)20)6-10(7-16)14(18)17-13/h3-6H,1-2H3,(H,17,18)(H,19,20). The Bertz CT molecular complexity index is 798. The monoisotopic (exact) mass is 268 g/mol. The van der Waals surface area contributed by atoms with Crippen LogP contribution in [0.25, 0.3) is 11.3 Å². The van der Waals surface area contributed by atoms with E-state index in [9.17, 15) is 14.7 Å². The molecule has 0 unspecified atom stereocenters. The summed E-state index contributed by atoms with van der Waals surface area (Å²) in [7, 11) is 0. The zero-order valence-electron chi connectivity index (χ0n) is 11.0. The van der Waals surface area contributed by atoms with Crippen molar-refractivity contribution < 1.29 is 9.90 Å². The van der Waals surface area contributed by atoms with E-state index in [0.29, 0.717) is 5.56 Å². The summed E-state index contributed by atoms with van der Waals surface area (Å²) in [5.74, 6) is -1.19. The van der Waals surface area contributed by atoms with Crippen LogP contribution in [0, 0.1) is 25.2 Å². The van der Waals surface area contributed by atoms with Crippen molar-refractivity contribution in [2.24, 2.45) is 0 Å². The van der Waals surface area contributed by atoms with Crippen LogP contribution < -0.4 is 5.56 Å². The number of hydrogen-bond acceptors (Lipinski definition) is 3. The van der Waals surface area contributed by atoms with Crippen molar-refractivity contribution in [3.8, 4) is 17.3 Å². The third-order valence-electron chi connectivity index (χ3n) is 3.05. The Morgan fingerprint density at radius 1 is 1.30 bits per heavy atom. The minimum atomic E-state index is -1.19. The van der Waals surface area contributed by atoms with Gasteiger partial charge in [0.15, 0.2) is 0 Å². The molecule has 2 N–H and O–H groups in total. The van der Waals surface area contributed by atoms with Crippen LogP contribution in [0.5, 0.6) is 0 Å². The number of benzene rings is 1. The number of nitrogens with one attached hydrogen (secondary N) is 1. The first-order valence-corrected chi connectivity index (χ1v) is 5.92. The number of H-pyrrole nitrogens is 1. The van der Waals surface area contributed by atoms with Crippen molar-refractivity contribution in [3.63, 3.8) is 0 Å². The second kappa shape index (κ2) is 5.02. The Labute approximate surface area is 115 Å². The van der Waals surface area contributed by atoms with Gasteiger partial charge in [0.1, 0.15) is 11.6 Å². The summed E-state index contributed by atoms with van der Waals surface area (Å²) in [4.78, 5) is 25.6. The number of aromatic amines is 1. The van der Waals surface area contributed by atoms with Gasteiger partial charge in [-0.3, -0.25) is 4.79 Å². The van der Waals surface area contributed by atoms with E-state index in [-0.39, 0.29) is 16.8 Å². The fraction of sp³-hybridized carbons (Fsp3) is 0.133. The fourth-order valence-corrected chi connectivity index (χ4v) is 2.00. The molecule has 0 bridgehead atoms. The highest BCUT2D eigenvalue weighted by Crippen LogP contribution is 2.25. The molecule has 0 fully saturated rings. The molecule has 2 rings (SSSR count). The average Bonchev–Trinajstić information content (AvgIpc) is 2.41. The van der Waals surface area contributed by atoms with Gasteiger partial charge in [-0.15, -0.1) is 0 Å². The summed E-state index contributed by atoms with van der Waals surface area (Å²) in [6.07, 6.45) is 0. The molecule has 0 saturated carbocycles. The minimum Gasteiger partial charge on any atom is -0.478 e. The van der Waals surface area contributed by atoms with Crippen molar-refractivity contribution in [1.29, 1.82) is 5.26 Å². The lowest BCUT2D eigenvalue weighted by Gasteiger charge is -2.10. The van der Waals surface area contributed by atoms with Gasteiger partial charge in [0.05, 0.1) is 11.3 Å². The predicted octanol–water partition coefficient (Wildman–Crippen LogP) is 2.23. The van der Waals surface area contributed by atoms with Crippen molar-refractivity contribution in [3.05, 3.63) is 56.9 Å². The molecular weight excluding hydrogens is 256 g/mol. The third kappa shape index (κ3) is 2.31. The van der Waals surface area contributed by atoms with E-state index in [1.807, 2.05) is 26.0 Å². The molecule has 0 radical (unpaired) electrons. The van der Waals surface area contributed by atoms with Crippen molar-refractivity contribution in [1.82, 2.24) is 4.98 Å². The summed E-state index contributed by atoms with van der Waals surface area (Å²) >= 11 is 0. The van der Waals surface area contributed by atoms with Crippen molar-refractivity contribution in [2.45, 2.75) is 13.8 Å². The number of carbonyl (C=O) groups is 1. The second-order valence-corrected chi connectivity index (χ2v) is 4.54. The molecule has 0 aliphatic heterocycles. The molecule has 0 amide bonds. The lowest BCUT2D eigenvalue weighted by atomic mass is 9.98. The largest absolute Gasteiger partial charge is 0.478 e. The van der Waals surface area contributed by atoms with Crippen LogP contribution in [0.2, 0.25) is 0 Å². The lowest BCUT2D eigenvalue weighted by molar-refractivity contribution is 0.0697. The molecule has 0 aliphatic carbocycles. The summed E-state index contributed by atoms with van der Waals surface area (Å²) in [5, 5.41) is 18.1. The first kappa shape index (κ1) is 13.6. The molecule has 5 nitrogen and oxygen atoms in total. The molecule has 1 aromatic carbocycles. The summed E-state index contributed by atoms with van der Waals surface area (Å²) < 4.78 is 0. The maximum atomic E-state index is 11.7. The second-order valence-electron chi connectivity index (χ2n) is 4.54. The Kier molecular flexibility index (Phi) is 3.40. The van der Waals surface area contributed by atoms with Crippen molar-refractivity contribution >= 4 is 5.97 Å². The normalized spacial score (nSPS) is 10.1.